The summed E-state index contributed by atoms with van der Waals surface area (Å²) in [4.78, 5) is 46.5. The molecule has 0 fully saturated rings. The number of hydrogen-bond acceptors (Lipinski definition) is 5. The summed E-state index contributed by atoms with van der Waals surface area (Å²) in [5.41, 5.74) is 1.61. The predicted octanol–water partition coefficient (Wildman–Crippen LogP) is 5.74. The highest BCUT2D eigenvalue weighted by Crippen LogP contribution is 2.53. The van der Waals surface area contributed by atoms with Crippen molar-refractivity contribution in [2.75, 3.05) is 18.6 Å². The molecule has 2 aliphatic rings. The van der Waals surface area contributed by atoms with Gasteiger partial charge in [-0.2, -0.15) is 0 Å². The van der Waals surface area contributed by atoms with Crippen LogP contribution in [0.15, 0.2) is 100 Å². The number of carbonyl (C=O) groups excluding carboxylic acids is 2. The largest absolute Gasteiger partial charge is 0.497 e. The van der Waals surface area contributed by atoms with Gasteiger partial charge >= 0.3 is 0 Å². The van der Waals surface area contributed by atoms with Gasteiger partial charge in [-0.05, 0) is 60.9 Å². The Bertz CT molecular complexity index is 2000. The SMILES string of the molecule is COc1ccc(CCN2C(=O)c3oc4ccc(F)cc4c(=O)c3C23C(=O)N(Cc2cccc(C)c2)c2ccccc23)cc1. The maximum absolute atomic E-state index is 14.9. The van der Waals surface area contributed by atoms with Crippen LogP contribution in [0.3, 0.4) is 0 Å². The summed E-state index contributed by atoms with van der Waals surface area (Å²) in [6.07, 6.45) is 0.404. The van der Waals surface area contributed by atoms with Gasteiger partial charge in [0.1, 0.15) is 17.1 Å². The number of ether oxygens (including phenoxy) is 1. The van der Waals surface area contributed by atoms with E-state index in [1.807, 2.05) is 67.6 Å². The second-order valence-corrected chi connectivity index (χ2v) is 10.9. The molecule has 5 aromatic rings. The van der Waals surface area contributed by atoms with Crippen LogP contribution >= 0.6 is 0 Å². The van der Waals surface area contributed by atoms with Crippen LogP contribution in [0.4, 0.5) is 10.1 Å². The van der Waals surface area contributed by atoms with Crippen molar-refractivity contribution >= 4 is 28.5 Å². The lowest BCUT2D eigenvalue weighted by molar-refractivity contribution is -0.126. The highest BCUT2D eigenvalue weighted by molar-refractivity contribution is 6.17. The molecular formula is C35H27FN2O5. The Morgan fingerprint density at radius 3 is 2.44 bits per heavy atom. The molecule has 214 valence electrons. The Morgan fingerprint density at radius 2 is 1.67 bits per heavy atom. The first kappa shape index (κ1) is 26.6. The number of hydrogen-bond donors (Lipinski definition) is 0. The molecule has 0 saturated heterocycles. The molecule has 0 N–H and O–H groups in total. The average Bonchev–Trinajstić information content (AvgIpc) is 3.40. The maximum atomic E-state index is 14.9. The third-order valence-corrected chi connectivity index (χ3v) is 8.40. The third-order valence-electron chi connectivity index (χ3n) is 8.40. The van der Waals surface area contributed by atoms with E-state index in [-0.39, 0.29) is 35.4 Å². The average molecular weight is 575 g/mol. The molecule has 2 aliphatic heterocycles. The van der Waals surface area contributed by atoms with E-state index in [2.05, 4.69) is 0 Å². The fourth-order valence-electron chi connectivity index (χ4n) is 6.45. The topological polar surface area (TPSA) is 80.1 Å². The first-order chi connectivity index (χ1) is 20.8. The summed E-state index contributed by atoms with van der Waals surface area (Å²) >= 11 is 0. The standard InChI is InChI=1S/C35H27FN2O5/c1-21-6-5-7-23(18-21)20-37-28-9-4-3-8-27(28)35(34(37)41)30-31(39)26-19-24(36)12-15-29(26)43-32(30)33(40)38(35)17-16-22-10-13-25(42-2)14-11-22/h3-15,18-19H,16-17,20H2,1-2H3. The van der Waals surface area contributed by atoms with Crippen LogP contribution in [0.25, 0.3) is 11.0 Å². The zero-order valence-electron chi connectivity index (χ0n) is 23.6. The van der Waals surface area contributed by atoms with Crippen molar-refractivity contribution < 1.29 is 23.1 Å². The third kappa shape index (κ3) is 3.97. The summed E-state index contributed by atoms with van der Waals surface area (Å²) in [6.45, 7) is 2.34. The molecule has 7 nitrogen and oxygen atoms in total. The van der Waals surface area contributed by atoms with Crippen LogP contribution in [0.2, 0.25) is 0 Å². The van der Waals surface area contributed by atoms with Gasteiger partial charge in [-0.1, -0.05) is 60.2 Å². The van der Waals surface area contributed by atoms with Gasteiger partial charge in [0.2, 0.25) is 5.76 Å². The van der Waals surface area contributed by atoms with E-state index in [9.17, 15) is 18.8 Å². The Kier molecular flexibility index (Phi) is 6.16. The molecule has 2 amide bonds. The van der Waals surface area contributed by atoms with Crippen LogP contribution in [-0.4, -0.2) is 30.4 Å². The molecule has 0 saturated carbocycles. The van der Waals surface area contributed by atoms with E-state index in [1.54, 1.807) is 24.1 Å². The quantitative estimate of drug-likeness (QED) is 0.259. The van der Waals surface area contributed by atoms with Crippen molar-refractivity contribution in [3.63, 3.8) is 0 Å². The zero-order chi connectivity index (χ0) is 29.9. The van der Waals surface area contributed by atoms with Crippen molar-refractivity contribution in [3.05, 3.63) is 141 Å². The number of anilines is 1. The van der Waals surface area contributed by atoms with Gasteiger partial charge in [0.05, 0.1) is 30.3 Å². The van der Waals surface area contributed by atoms with E-state index < -0.39 is 28.6 Å². The van der Waals surface area contributed by atoms with Crippen molar-refractivity contribution in [2.45, 2.75) is 25.4 Å². The molecule has 1 unspecified atom stereocenters. The molecule has 1 spiro atoms. The fourth-order valence-corrected chi connectivity index (χ4v) is 6.45. The van der Waals surface area contributed by atoms with Gasteiger partial charge in [0, 0.05) is 12.1 Å². The summed E-state index contributed by atoms with van der Waals surface area (Å²) in [5, 5.41) is -0.0228. The van der Waals surface area contributed by atoms with E-state index in [0.29, 0.717) is 23.4 Å². The molecule has 7 rings (SSSR count). The smallest absolute Gasteiger partial charge is 0.291 e. The number of aryl methyl sites for hydroxylation is 1. The monoisotopic (exact) mass is 574 g/mol. The summed E-state index contributed by atoms with van der Waals surface area (Å²) < 4.78 is 25.7. The molecular weight excluding hydrogens is 547 g/mol. The van der Waals surface area contributed by atoms with Crippen LogP contribution in [0, 0.1) is 12.7 Å². The van der Waals surface area contributed by atoms with Crippen LogP contribution in [0.1, 0.15) is 38.4 Å². The molecule has 0 radical (unpaired) electrons. The number of rotatable bonds is 6. The highest BCUT2D eigenvalue weighted by atomic mass is 19.1. The predicted molar refractivity (Wildman–Crippen MR) is 160 cm³/mol. The minimum atomic E-state index is -1.78. The molecule has 3 heterocycles. The van der Waals surface area contributed by atoms with Crippen LogP contribution in [-0.2, 0) is 23.3 Å². The summed E-state index contributed by atoms with van der Waals surface area (Å²) in [5.74, 6) is -1.11. The minimum Gasteiger partial charge on any atom is -0.497 e. The number of amides is 2. The lowest BCUT2D eigenvalue weighted by Crippen LogP contribution is -2.53. The second-order valence-electron chi connectivity index (χ2n) is 10.9. The zero-order valence-corrected chi connectivity index (χ0v) is 23.6. The number of nitrogens with zero attached hydrogens (tertiary/aromatic N) is 2. The van der Waals surface area contributed by atoms with E-state index in [4.69, 9.17) is 9.15 Å². The van der Waals surface area contributed by atoms with E-state index in [1.165, 1.54) is 17.0 Å². The van der Waals surface area contributed by atoms with Crippen LogP contribution < -0.4 is 15.1 Å². The maximum Gasteiger partial charge on any atom is 0.291 e. The van der Waals surface area contributed by atoms with Gasteiger partial charge in [-0.3, -0.25) is 14.4 Å². The molecule has 8 heteroatoms. The number of para-hydroxylation sites is 1. The number of methoxy groups -OCH3 is 1. The number of halogens is 1. The van der Waals surface area contributed by atoms with Crippen LogP contribution in [0.5, 0.6) is 5.75 Å². The second kappa shape index (κ2) is 9.94. The number of benzene rings is 4. The molecule has 1 atom stereocenters. The number of fused-ring (bicyclic) bond motifs is 5. The Labute approximate surface area is 246 Å². The van der Waals surface area contributed by atoms with Crippen molar-refractivity contribution in [1.82, 2.24) is 4.90 Å². The lowest BCUT2D eigenvalue weighted by Gasteiger charge is -2.34. The first-order valence-electron chi connectivity index (χ1n) is 14.0. The van der Waals surface area contributed by atoms with Gasteiger partial charge < -0.3 is 19.0 Å². The lowest BCUT2D eigenvalue weighted by atomic mass is 9.83. The highest BCUT2D eigenvalue weighted by Gasteiger charge is 2.64. The Hall–Kier alpha value is -5.24. The van der Waals surface area contributed by atoms with Gasteiger partial charge in [0.15, 0.2) is 11.0 Å². The summed E-state index contributed by atoms with van der Waals surface area (Å²) in [7, 11) is 1.59. The Balaban J connectivity index is 1.44. The molecule has 1 aromatic heterocycles. The van der Waals surface area contributed by atoms with Gasteiger partial charge in [-0.15, -0.1) is 0 Å². The van der Waals surface area contributed by atoms with Gasteiger partial charge in [0.25, 0.3) is 11.8 Å². The van der Waals surface area contributed by atoms with Crippen molar-refractivity contribution in [2.24, 2.45) is 0 Å². The Morgan fingerprint density at radius 1 is 0.884 bits per heavy atom. The van der Waals surface area contributed by atoms with Crippen molar-refractivity contribution in [1.29, 1.82) is 0 Å². The van der Waals surface area contributed by atoms with E-state index in [0.717, 1.165) is 22.8 Å². The minimum absolute atomic E-state index is 0.0228. The van der Waals surface area contributed by atoms with E-state index >= 15 is 0 Å². The molecule has 4 aromatic carbocycles. The number of carbonyl (C=O) groups is 2. The van der Waals surface area contributed by atoms with Crippen molar-refractivity contribution in [3.8, 4) is 5.75 Å². The first-order valence-corrected chi connectivity index (χ1v) is 14.0. The molecule has 0 bridgehead atoms. The van der Waals surface area contributed by atoms with Gasteiger partial charge in [-0.25, -0.2) is 4.39 Å². The molecule has 0 aliphatic carbocycles. The fraction of sp³-hybridized carbons (Fsp3) is 0.171. The molecule has 43 heavy (non-hydrogen) atoms. The summed E-state index contributed by atoms with van der Waals surface area (Å²) in [6, 6.07) is 26.1. The normalized spacial score (nSPS) is 17.2.